The molecule has 1 aliphatic heterocycles. The van der Waals surface area contributed by atoms with Crippen LogP contribution in [-0.4, -0.2) is 0 Å². The van der Waals surface area contributed by atoms with E-state index in [1.807, 2.05) is 6.07 Å². The van der Waals surface area contributed by atoms with Crippen molar-refractivity contribution in [3.05, 3.63) is 211 Å². The van der Waals surface area contributed by atoms with E-state index in [0.29, 0.717) is 0 Å². The standard InChI is InChI=1S/C51H36N2/c52-48-24-12-26-50-51(48)46(29-27-34-13-2-1-3-14-34)45-23-8-9-25-49(45)53(50)39-18-11-17-37(32-39)35-15-10-16-36(31-35)38-28-30-44-42-21-5-4-19-40(42)41-20-6-7-22-43(41)47(44)33-38/h1-26,28-33H,27,52H2/b46-29-. The Labute approximate surface area is 309 Å². The molecule has 0 amide bonds. The van der Waals surface area contributed by atoms with Gasteiger partial charge in [0.05, 0.1) is 11.4 Å². The number of hydrogen-bond acceptors (Lipinski definition) is 2. The zero-order chi connectivity index (χ0) is 35.3. The molecule has 0 spiro atoms. The molecule has 9 aromatic rings. The molecule has 0 aliphatic carbocycles. The van der Waals surface area contributed by atoms with Crippen molar-refractivity contribution in [1.29, 1.82) is 0 Å². The van der Waals surface area contributed by atoms with E-state index in [1.54, 1.807) is 0 Å². The highest BCUT2D eigenvalue weighted by Crippen LogP contribution is 2.51. The van der Waals surface area contributed by atoms with Crippen molar-refractivity contribution >= 4 is 60.6 Å². The maximum Gasteiger partial charge on any atom is 0.0561 e. The largest absolute Gasteiger partial charge is 0.398 e. The van der Waals surface area contributed by atoms with Crippen LogP contribution in [0.3, 0.4) is 0 Å². The number of allylic oxidation sites excluding steroid dienone is 1. The molecule has 2 N–H and O–H groups in total. The van der Waals surface area contributed by atoms with Crippen LogP contribution in [0, 0.1) is 0 Å². The number of rotatable bonds is 5. The first-order valence-electron chi connectivity index (χ1n) is 18.3. The quantitative estimate of drug-likeness (QED) is 0.145. The molecule has 0 bridgehead atoms. The number of hydrogen-bond donors (Lipinski definition) is 1. The molecule has 0 fully saturated rings. The Hall–Kier alpha value is -6.90. The number of benzene rings is 9. The third-order valence-electron chi connectivity index (χ3n) is 10.8. The molecule has 1 heterocycles. The zero-order valence-corrected chi connectivity index (χ0v) is 29.2. The maximum absolute atomic E-state index is 6.82. The molecule has 0 saturated carbocycles. The summed E-state index contributed by atoms with van der Waals surface area (Å²) >= 11 is 0. The second-order valence-electron chi connectivity index (χ2n) is 13.9. The second kappa shape index (κ2) is 12.7. The van der Waals surface area contributed by atoms with Gasteiger partial charge >= 0.3 is 0 Å². The van der Waals surface area contributed by atoms with Crippen molar-refractivity contribution < 1.29 is 0 Å². The van der Waals surface area contributed by atoms with E-state index < -0.39 is 0 Å². The maximum atomic E-state index is 6.82. The first-order valence-corrected chi connectivity index (χ1v) is 18.3. The van der Waals surface area contributed by atoms with Gasteiger partial charge in [0.2, 0.25) is 0 Å². The molecule has 9 aromatic carbocycles. The fraction of sp³-hybridized carbons (Fsp3) is 0.0196. The fourth-order valence-corrected chi connectivity index (χ4v) is 8.31. The van der Waals surface area contributed by atoms with Gasteiger partial charge in [-0.25, -0.2) is 0 Å². The Morgan fingerprint density at radius 2 is 0.962 bits per heavy atom. The summed E-state index contributed by atoms with van der Waals surface area (Å²) in [5.74, 6) is 0. The lowest BCUT2D eigenvalue weighted by molar-refractivity contribution is 1.22. The van der Waals surface area contributed by atoms with E-state index in [1.165, 1.54) is 65.7 Å². The zero-order valence-electron chi connectivity index (χ0n) is 29.2. The molecule has 0 saturated heterocycles. The number of para-hydroxylation sites is 1. The smallest absolute Gasteiger partial charge is 0.0561 e. The van der Waals surface area contributed by atoms with Crippen molar-refractivity contribution in [2.24, 2.45) is 0 Å². The van der Waals surface area contributed by atoms with Crippen molar-refractivity contribution in [3.63, 3.8) is 0 Å². The van der Waals surface area contributed by atoms with Gasteiger partial charge in [0.15, 0.2) is 0 Å². The molecule has 2 nitrogen and oxygen atoms in total. The first-order chi connectivity index (χ1) is 26.2. The van der Waals surface area contributed by atoms with Gasteiger partial charge in [-0.1, -0.05) is 152 Å². The normalized spacial score (nSPS) is 13.1. The lowest BCUT2D eigenvalue weighted by atomic mass is 9.87. The average Bonchev–Trinajstić information content (AvgIpc) is 3.23. The molecule has 1 aliphatic rings. The topological polar surface area (TPSA) is 29.3 Å². The van der Waals surface area contributed by atoms with Gasteiger partial charge in [0, 0.05) is 22.5 Å². The second-order valence-corrected chi connectivity index (χ2v) is 13.9. The summed E-state index contributed by atoms with van der Waals surface area (Å²) in [5.41, 5.74) is 20.4. The van der Waals surface area contributed by atoms with E-state index in [-0.39, 0.29) is 0 Å². The monoisotopic (exact) mass is 676 g/mol. The average molecular weight is 677 g/mol. The number of nitrogens with two attached hydrogens (primary N) is 1. The Kier molecular flexibility index (Phi) is 7.40. The van der Waals surface area contributed by atoms with E-state index in [4.69, 9.17) is 5.73 Å². The molecule has 250 valence electrons. The number of nitrogens with zero attached hydrogens (tertiary/aromatic N) is 1. The van der Waals surface area contributed by atoms with Gasteiger partial charge < -0.3 is 10.6 Å². The summed E-state index contributed by atoms with van der Waals surface area (Å²) in [7, 11) is 0. The fourth-order valence-electron chi connectivity index (χ4n) is 8.31. The molecule has 0 atom stereocenters. The lowest BCUT2D eigenvalue weighted by Gasteiger charge is -2.35. The molecular weight excluding hydrogens is 641 g/mol. The van der Waals surface area contributed by atoms with Gasteiger partial charge in [-0.05, 0) is 115 Å². The summed E-state index contributed by atoms with van der Waals surface area (Å²) in [5, 5.41) is 7.73. The summed E-state index contributed by atoms with van der Waals surface area (Å²) in [6.45, 7) is 0. The molecule has 53 heavy (non-hydrogen) atoms. The highest BCUT2D eigenvalue weighted by atomic mass is 15.2. The van der Waals surface area contributed by atoms with Crippen LogP contribution >= 0.6 is 0 Å². The minimum atomic E-state index is 0.779. The van der Waals surface area contributed by atoms with Crippen LogP contribution in [0.2, 0.25) is 0 Å². The Bertz CT molecular complexity index is 2850. The van der Waals surface area contributed by atoms with Gasteiger partial charge in [0.25, 0.3) is 0 Å². The summed E-state index contributed by atoms with van der Waals surface area (Å²) in [6.07, 6.45) is 3.16. The lowest BCUT2D eigenvalue weighted by Crippen LogP contribution is -2.19. The number of nitrogen functional groups attached to an aromatic ring is 1. The molecular formula is C51H36N2. The Morgan fingerprint density at radius 3 is 1.70 bits per heavy atom. The molecule has 2 heteroatoms. The van der Waals surface area contributed by atoms with Gasteiger partial charge in [-0.3, -0.25) is 0 Å². The van der Waals surface area contributed by atoms with Gasteiger partial charge in [0.1, 0.15) is 0 Å². The number of fused-ring (bicyclic) bond motifs is 8. The van der Waals surface area contributed by atoms with Crippen LogP contribution in [0.25, 0.3) is 60.1 Å². The van der Waals surface area contributed by atoms with Crippen molar-refractivity contribution in [2.45, 2.75) is 6.42 Å². The van der Waals surface area contributed by atoms with E-state index in [0.717, 1.165) is 40.3 Å². The van der Waals surface area contributed by atoms with Crippen molar-refractivity contribution in [1.82, 2.24) is 0 Å². The van der Waals surface area contributed by atoms with Crippen LogP contribution in [0.15, 0.2) is 194 Å². The minimum Gasteiger partial charge on any atom is -0.398 e. The summed E-state index contributed by atoms with van der Waals surface area (Å²) in [4.78, 5) is 2.37. The van der Waals surface area contributed by atoms with Crippen LogP contribution < -0.4 is 10.6 Å². The third kappa shape index (κ3) is 5.27. The SMILES string of the molecule is Nc1cccc2c1/C(=C\Cc1ccccc1)c1ccccc1N2c1cccc(-c2cccc(-c3ccc4c5ccccc5c5ccccc5c4c3)c2)c1. The summed E-state index contributed by atoms with van der Waals surface area (Å²) < 4.78 is 0. The highest BCUT2D eigenvalue weighted by molar-refractivity contribution is 6.25. The molecule has 0 radical (unpaired) electrons. The molecule has 10 rings (SSSR count). The molecule has 0 aromatic heterocycles. The number of anilines is 4. The highest BCUT2D eigenvalue weighted by Gasteiger charge is 2.29. The van der Waals surface area contributed by atoms with Gasteiger partial charge in [-0.2, -0.15) is 0 Å². The van der Waals surface area contributed by atoms with Crippen molar-refractivity contribution in [2.75, 3.05) is 10.6 Å². The van der Waals surface area contributed by atoms with E-state index >= 15 is 0 Å². The van der Waals surface area contributed by atoms with Crippen LogP contribution in [0.1, 0.15) is 16.7 Å². The first kappa shape index (κ1) is 30.9. The van der Waals surface area contributed by atoms with Crippen LogP contribution in [0.5, 0.6) is 0 Å². The van der Waals surface area contributed by atoms with Crippen molar-refractivity contribution in [3.8, 4) is 22.3 Å². The minimum absolute atomic E-state index is 0.779. The van der Waals surface area contributed by atoms with Crippen LogP contribution in [0.4, 0.5) is 22.7 Å². The van der Waals surface area contributed by atoms with E-state index in [2.05, 4.69) is 193 Å². The predicted octanol–water partition coefficient (Wildman–Crippen LogP) is 13.5. The Morgan fingerprint density at radius 1 is 0.415 bits per heavy atom. The Balaban J connectivity index is 1.07. The summed E-state index contributed by atoms with van der Waals surface area (Å²) in [6, 6.07) is 67.9. The molecule has 0 unspecified atom stereocenters. The van der Waals surface area contributed by atoms with E-state index in [9.17, 15) is 0 Å². The third-order valence-corrected chi connectivity index (χ3v) is 10.8. The van der Waals surface area contributed by atoms with Crippen LogP contribution in [-0.2, 0) is 6.42 Å². The predicted molar refractivity (Wildman–Crippen MR) is 226 cm³/mol. The van der Waals surface area contributed by atoms with Gasteiger partial charge in [-0.15, -0.1) is 0 Å².